The first-order valence-electron chi connectivity index (χ1n) is 8.10. The number of halogens is 1. The van der Waals surface area contributed by atoms with Crippen LogP contribution >= 0.6 is 0 Å². The van der Waals surface area contributed by atoms with E-state index in [4.69, 9.17) is 4.84 Å². The Morgan fingerprint density at radius 2 is 2.12 bits per heavy atom. The number of oxime groups is 1. The summed E-state index contributed by atoms with van der Waals surface area (Å²) in [6.07, 6.45) is 2.43. The van der Waals surface area contributed by atoms with Gasteiger partial charge in [0.15, 0.2) is 20.7 Å². The second kappa shape index (κ2) is 6.72. The first-order chi connectivity index (χ1) is 11.1. The second-order valence-electron chi connectivity index (χ2n) is 7.53. The zero-order valence-corrected chi connectivity index (χ0v) is 15.8. The van der Waals surface area contributed by atoms with Crippen molar-refractivity contribution in [3.8, 4) is 0 Å². The molecule has 2 rings (SSSR count). The highest BCUT2D eigenvalue weighted by molar-refractivity contribution is 6.72. The third-order valence-electron chi connectivity index (χ3n) is 5.26. The molecule has 1 N–H and O–H groups in total. The minimum Gasteiger partial charge on any atom is -0.432 e. The molecule has 1 aromatic rings. The fourth-order valence-electron chi connectivity index (χ4n) is 2.77. The number of carbonyl (C=O) groups excluding carboxylic acids is 1. The Balaban J connectivity index is 2.35. The molecule has 0 spiro atoms. The second-order valence-corrected chi connectivity index (χ2v) is 12.0. The first kappa shape index (κ1) is 18.7. The van der Waals surface area contributed by atoms with Gasteiger partial charge in [-0.1, -0.05) is 19.0 Å². The summed E-state index contributed by atoms with van der Waals surface area (Å²) in [6.45, 7) is 9.55. The van der Waals surface area contributed by atoms with Crippen molar-refractivity contribution in [2.75, 3.05) is 0 Å². The van der Waals surface area contributed by atoms with Crippen LogP contribution in [-0.2, 0) is 16.1 Å². The topological polar surface area (TPSA) is 71.8 Å². The third kappa shape index (κ3) is 3.56. The molecular weight excluding hydrogens is 327 g/mol. The van der Waals surface area contributed by atoms with Crippen molar-refractivity contribution in [3.05, 3.63) is 29.3 Å². The number of aldehydes is 1. The van der Waals surface area contributed by atoms with E-state index in [0.717, 1.165) is 0 Å². The third-order valence-corrected chi connectivity index (χ3v) is 8.82. The Morgan fingerprint density at radius 3 is 2.71 bits per heavy atom. The Kier molecular flexibility index (Phi) is 5.24. The van der Waals surface area contributed by atoms with Crippen molar-refractivity contribution in [2.45, 2.75) is 63.8 Å². The molecule has 0 saturated carbocycles. The van der Waals surface area contributed by atoms with Crippen molar-refractivity contribution < 1.29 is 18.8 Å². The number of carbonyl (C=O) groups is 1. The summed E-state index contributed by atoms with van der Waals surface area (Å²) >= 11 is 0. The summed E-state index contributed by atoms with van der Waals surface area (Å²) in [4.78, 5) is 30.6. The molecule has 0 aliphatic carbocycles. The summed E-state index contributed by atoms with van der Waals surface area (Å²) in [7, 11) is -2.39. The number of rotatable bonds is 6. The van der Waals surface area contributed by atoms with Crippen LogP contribution in [0.1, 0.15) is 44.2 Å². The van der Waals surface area contributed by atoms with Crippen molar-refractivity contribution >= 4 is 20.3 Å². The quantitative estimate of drug-likeness (QED) is 0.485. The molecule has 1 aromatic heterocycles. The van der Waals surface area contributed by atoms with Gasteiger partial charge in [0.25, 0.3) is 0 Å². The van der Waals surface area contributed by atoms with E-state index < -0.39 is 26.3 Å². The van der Waals surface area contributed by atoms with Crippen LogP contribution in [0.5, 0.6) is 0 Å². The number of aromatic nitrogens is 1. The van der Waals surface area contributed by atoms with Gasteiger partial charge in [0.05, 0.1) is 11.6 Å². The van der Waals surface area contributed by atoms with Crippen LogP contribution in [0.15, 0.2) is 17.4 Å². The summed E-state index contributed by atoms with van der Waals surface area (Å²) in [5.74, 6) is -0.928. The average Bonchev–Trinajstić information content (AvgIpc) is 2.85. The van der Waals surface area contributed by atoms with E-state index in [1.54, 1.807) is 13.0 Å². The Morgan fingerprint density at radius 1 is 1.46 bits per heavy atom. The van der Waals surface area contributed by atoms with Gasteiger partial charge in [-0.25, -0.2) is 4.98 Å². The fourth-order valence-corrected chi connectivity index (χ4v) is 3.50. The molecule has 2 unspecified atom stereocenters. The standard InChI is InChI=1S/C17H25FN2O3Si/c1-11-15(14(10-21)23-20-11)12-7-9-19-16(18)13(12)6-8-17(2,3)24(4,5)22/h7,9-10,14-15,22H,6,8H2,1-5H3. The number of hydrogen-bond donors (Lipinski definition) is 1. The Bertz CT molecular complexity index is 656. The van der Waals surface area contributed by atoms with Gasteiger partial charge in [-0.2, -0.15) is 4.39 Å². The molecule has 24 heavy (non-hydrogen) atoms. The van der Waals surface area contributed by atoms with Crippen molar-refractivity contribution in [2.24, 2.45) is 5.16 Å². The maximum atomic E-state index is 14.4. The van der Waals surface area contributed by atoms with Crippen LogP contribution in [-0.4, -0.2) is 36.2 Å². The molecule has 1 aliphatic heterocycles. The summed E-state index contributed by atoms with van der Waals surface area (Å²) in [5.41, 5.74) is 1.81. The predicted molar refractivity (Wildman–Crippen MR) is 93.0 cm³/mol. The molecule has 0 fully saturated rings. The summed E-state index contributed by atoms with van der Waals surface area (Å²) in [6, 6.07) is 1.72. The Hall–Kier alpha value is -1.60. The van der Waals surface area contributed by atoms with Gasteiger partial charge in [-0.3, -0.25) is 4.79 Å². The molecule has 0 aromatic carbocycles. The zero-order valence-electron chi connectivity index (χ0n) is 14.8. The van der Waals surface area contributed by atoms with Crippen molar-refractivity contribution in [1.29, 1.82) is 0 Å². The largest absolute Gasteiger partial charge is 0.432 e. The van der Waals surface area contributed by atoms with Gasteiger partial charge < -0.3 is 9.63 Å². The molecule has 0 radical (unpaired) electrons. The van der Waals surface area contributed by atoms with Gasteiger partial charge in [0.2, 0.25) is 5.95 Å². The van der Waals surface area contributed by atoms with E-state index in [-0.39, 0.29) is 5.04 Å². The molecule has 0 amide bonds. The van der Waals surface area contributed by atoms with E-state index in [0.29, 0.717) is 36.0 Å². The molecule has 1 aliphatic rings. The van der Waals surface area contributed by atoms with Crippen LogP contribution in [0, 0.1) is 5.95 Å². The lowest BCUT2D eigenvalue weighted by atomic mass is 9.86. The highest BCUT2D eigenvalue weighted by Crippen LogP contribution is 2.41. The molecule has 132 valence electrons. The molecular formula is C17H25FN2O3Si. The molecule has 2 heterocycles. The number of nitrogens with zero attached hydrogens (tertiary/aromatic N) is 2. The minimum atomic E-state index is -2.39. The normalized spacial score (nSPS) is 21.4. The number of hydrogen-bond acceptors (Lipinski definition) is 5. The first-order valence-corrected chi connectivity index (χ1v) is 11.0. The molecule has 5 nitrogen and oxygen atoms in total. The molecule has 0 bridgehead atoms. The van der Waals surface area contributed by atoms with E-state index in [1.807, 2.05) is 26.9 Å². The molecule has 0 saturated heterocycles. The summed E-state index contributed by atoms with van der Waals surface area (Å²) < 4.78 is 14.4. The maximum absolute atomic E-state index is 14.4. The van der Waals surface area contributed by atoms with Gasteiger partial charge in [0.1, 0.15) is 0 Å². The van der Waals surface area contributed by atoms with Crippen LogP contribution < -0.4 is 0 Å². The van der Waals surface area contributed by atoms with E-state index >= 15 is 0 Å². The van der Waals surface area contributed by atoms with Gasteiger partial charge in [-0.05, 0) is 49.5 Å². The molecule has 7 heteroatoms. The van der Waals surface area contributed by atoms with E-state index in [9.17, 15) is 14.0 Å². The lowest BCUT2D eigenvalue weighted by molar-refractivity contribution is -0.117. The maximum Gasteiger partial charge on any atom is 0.216 e. The van der Waals surface area contributed by atoms with Crippen LogP contribution in [0.25, 0.3) is 0 Å². The minimum absolute atomic E-state index is 0.272. The zero-order chi connectivity index (χ0) is 18.1. The highest BCUT2D eigenvalue weighted by atomic mass is 28.4. The SMILES string of the molecule is CC1=NOC(C=O)C1c1ccnc(F)c1CCC(C)(C)[Si](C)(C)O. The molecule has 2 atom stereocenters. The average molecular weight is 352 g/mol. The highest BCUT2D eigenvalue weighted by Gasteiger charge is 2.39. The fraction of sp³-hybridized carbons (Fsp3) is 0.588. The Labute approximate surface area is 143 Å². The predicted octanol–water partition coefficient (Wildman–Crippen LogP) is 3.19. The van der Waals surface area contributed by atoms with Gasteiger partial charge in [0, 0.05) is 11.8 Å². The van der Waals surface area contributed by atoms with Gasteiger partial charge in [-0.15, -0.1) is 0 Å². The smallest absolute Gasteiger partial charge is 0.216 e. The number of pyridine rings is 1. The van der Waals surface area contributed by atoms with Crippen molar-refractivity contribution in [3.63, 3.8) is 0 Å². The lowest BCUT2D eigenvalue weighted by Gasteiger charge is -2.35. The lowest BCUT2D eigenvalue weighted by Crippen LogP contribution is -2.39. The van der Waals surface area contributed by atoms with Crippen LogP contribution in [0.2, 0.25) is 18.1 Å². The monoisotopic (exact) mass is 352 g/mol. The van der Waals surface area contributed by atoms with E-state index in [1.165, 1.54) is 6.20 Å². The van der Waals surface area contributed by atoms with Crippen LogP contribution in [0.3, 0.4) is 0 Å². The van der Waals surface area contributed by atoms with Gasteiger partial charge >= 0.3 is 0 Å². The van der Waals surface area contributed by atoms with E-state index in [2.05, 4.69) is 10.1 Å². The van der Waals surface area contributed by atoms with Crippen LogP contribution in [0.4, 0.5) is 4.39 Å². The van der Waals surface area contributed by atoms with Crippen molar-refractivity contribution in [1.82, 2.24) is 4.98 Å². The summed E-state index contributed by atoms with van der Waals surface area (Å²) in [5, 5.41) is 3.60.